The molecule has 1 aromatic heterocycles. The van der Waals surface area contributed by atoms with Crippen LogP contribution in [0.5, 0.6) is 5.75 Å². The number of benzene rings is 2. The first-order chi connectivity index (χ1) is 15.1. The Labute approximate surface area is 196 Å². The number of nitrogens with zero attached hydrogens (tertiary/aromatic N) is 2. The van der Waals surface area contributed by atoms with Crippen LogP contribution in [0.3, 0.4) is 0 Å². The van der Waals surface area contributed by atoms with E-state index < -0.39 is 26.2 Å². The van der Waals surface area contributed by atoms with E-state index in [1.807, 2.05) is 0 Å². The molecule has 1 amide bonds. The highest BCUT2D eigenvalue weighted by Crippen LogP contribution is 2.30. The van der Waals surface area contributed by atoms with Crippen molar-refractivity contribution in [2.45, 2.75) is 4.34 Å². The van der Waals surface area contributed by atoms with Crippen LogP contribution in [0, 0.1) is 0 Å². The topological polar surface area (TPSA) is 137 Å². The van der Waals surface area contributed by atoms with E-state index >= 15 is 0 Å². The van der Waals surface area contributed by atoms with Gasteiger partial charge in [0.15, 0.2) is 0 Å². The van der Waals surface area contributed by atoms with E-state index in [1.165, 1.54) is 50.6 Å². The molecule has 0 aliphatic carbocycles. The van der Waals surface area contributed by atoms with Gasteiger partial charge in [0.25, 0.3) is 20.3 Å². The lowest BCUT2D eigenvalue weighted by Gasteiger charge is -2.11. The van der Waals surface area contributed by atoms with Gasteiger partial charge < -0.3 is 9.47 Å². The first-order valence-corrected chi connectivity index (χ1v) is 11.6. The number of nitrogens with one attached hydrogen (secondary N) is 2. The molecule has 0 radical (unpaired) electrons. The summed E-state index contributed by atoms with van der Waals surface area (Å²) >= 11 is 12.4. The van der Waals surface area contributed by atoms with Crippen molar-refractivity contribution in [2.75, 3.05) is 24.3 Å². The molecule has 32 heavy (non-hydrogen) atoms. The lowest BCUT2D eigenvalue weighted by molar-refractivity contribution is 0.0600. The summed E-state index contributed by atoms with van der Waals surface area (Å²) in [5, 5.41) is 10.1. The van der Waals surface area contributed by atoms with E-state index in [1.54, 1.807) is 0 Å². The molecule has 2 N–H and O–H groups in total. The van der Waals surface area contributed by atoms with Crippen LogP contribution in [0.4, 0.5) is 10.8 Å². The highest BCUT2D eigenvalue weighted by atomic mass is 35.5. The quantitative estimate of drug-likeness (QED) is 0.358. The number of halogens is 2. The Morgan fingerprint density at radius 3 is 2.47 bits per heavy atom. The number of carbonyl (C=O) groups is 2. The van der Waals surface area contributed by atoms with Crippen molar-refractivity contribution in [2.24, 2.45) is 0 Å². The van der Waals surface area contributed by atoms with Crippen LogP contribution in [-0.4, -0.2) is 44.7 Å². The Morgan fingerprint density at radius 2 is 1.81 bits per heavy atom. The monoisotopic (exact) mass is 516 g/mol. The highest BCUT2D eigenvalue weighted by molar-refractivity contribution is 7.94. The molecule has 3 aromatic rings. The zero-order chi connectivity index (χ0) is 23.5. The average molecular weight is 517 g/mol. The van der Waals surface area contributed by atoms with Gasteiger partial charge in [-0.2, -0.15) is 8.42 Å². The highest BCUT2D eigenvalue weighted by Gasteiger charge is 2.24. The van der Waals surface area contributed by atoms with Crippen LogP contribution in [0.2, 0.25) is 10.0 Å². The molecule has 0 atom stereocenters. The summed E-state index contributed by atoms with van der Waals surface area (Å²) in [6.45, 7) is 0. The molecule has 0 unspecified atom stereocenters. The fourth-order valence-electron chi connectivity index (χ4n) is 2.43. The fraction of sp³-hybridized carbons (Fsp3) is 0.111. The van der Waals surface area contributed by atoms with E-state index in [0.717, 1.165) is 0 Å². The first-order valence-electron chi connectivity index (χ1n) is 8.53. The molecular formula is C18H14Cl2N4O6S2. The number of esters is 1. The van der Waals surface area contributed by atoms with Gasteiger partial charge in [0.2, 0.25) is 5.13 Å². The zero-order valence-electron chi connectivity index (χ0n) is 16.4. The number of carbonyl (C=O) groups excluding carboxylic acids is 2. The number of ether oxygens (including phenoxy) is 2. The van der Waals surface area contributed by atoms with Crippen LogP contribution in [0.1, 0.15) is 20.7 Å². The minimum atomic E-state index is -4.22. The van der Waals surface area contributed by atoms with Gasteiger partial charge >= 0.3 is 5.97 Å². The maximum atomic E-state index is 12.8. The number of anilines is 2. The number of amides is 1. The third kappa shape index (κ3) is 5.27. The number of hydrogen-bond donors (Lipinski definition) is 2. The smallest absolute Gasteiger partial charge is 0.337 e. The van der Waals surface area contributed by atoms with Crippen molar-refractivity contribution in [3.63, 3.8) is 0 Å². The van der Waals surface area contributed by atoms with Crippen molar-refractivity contribution in [3.8, 4) is 5.75 Å². The van der Waals surface area contributed by atoms with Crippen LogP contribution in [0.15, 0.2) is 40.7 Å². The predicted octanol–water partition coefficient (Wildman–Crippen LogP) is 3.69. The Balaban J connectivity index is 1.82. The molecule has 0 saturated carbocycles. The van der Waals surface area contributed by atoms with E-state index in [2.05, 4.69) is 25.0 Å². The second-order valence-electron chi connectivity index (χ2n) is 5.96. The number of sulfonamides is 1. The number of hydrogen-bond acceptors (Lipinski definition) is 9. The van der Waals surface area contributed by atoms with Crippen molar-refractivity contribution in [3.05, 3.63) is 57.6 Å². The molecule has 14 heteroatoms. The summed E-state index contributed by atoms with van der Waals surface area (Å²) in [6, 6.07) is 8.38. The third-order valence-corrected chi connectivity index (χ3v) is 7.02. The largest absolute Gasteiger partial charge is 0.495 e. The summed E-state index contributed by atoms with van der Waals surface area (Å²) in [5.74, 6) is -1.11. The normalized spacial score (nSPS) is 11.0. The second kappa shape index (κ2) is 9.69. The molecule has 0 saturated heterocycles. The Bertz CT molecular complexity index is 1300. The van der Waals surface area contributed by atoms with E-state index in [4.69, 9.17) is 27.9 Å². The lowest BCUT2D eigenvalue weighted by atomic mass is 10.2. The molecule has 0 spiro atoms. The van der Waals surface area contributed by atoms with Gasteiger partial charge in [-0.3, -0.25) is 14.8 Å². The molecule has 10 nitrogen and oxygen atoms in total. The molecule has 0 bridgehead atoms. The molecule has 2 aromatic carbocycles. The SMILES string of the molecule is COC(=O)c1ccc(OC)c(NS(=O)(=O)c2nnc(NC(=O)c3ccc(Cl)cc3Cl)s2)c1. The van der Waals surface area contributed by atoms with Crippen molar-refractivity contribution in [1.29, 1.82) is 0 Å². The second-order valence-corrected chi connectivity index (χ2v) is 9.64. The van der Waals surface area contributed by atoms with Gasteiger partial charge in [-0.1, -0.05) is 34.5 Å². The van der Waals surface area contributed by atoms with Gasteiger partial charge in [0.1, 0.15) is 5.75 Å². The van der Waals surface area contributed by atoms with Gasteiger partial charge in [0.05, 0.1) is 36.1 Å². The van der Waals surface area contributed by atoms with Gasteiger partial charge in [0, 0.05) is 5.02 Å². The minimum absolute atomic E-state index is 0.0101. The fourth-order valence-corrected chi connectivity index (χ4v) is 4.88. The molecule has 0 aliphatic rings. The Kier molecular flexibility index (Phi) is 7.19. The van der Waals surface area contributed by atoms with Crippen LogP contribution >= 0.6 is 34.5 Å². The maximum absolute atomic E-state index is 12.8. The van der Waals surface area contributed by atoms with E-state index in [9.17, 15) is 18.0 Å². The van der Waals surface area contributed by atoms with Crippen molar-refractivity contribution in [1.82, 2.24) is 10.2 Å². The summed E-state index contributed by atoms with van der Waals surface area (Å²) < 4.78 is 37.1. The molecular weight excluding hydrogens is 503 g/mol. The van der Waals surface area contributed by atoms with E-state index in [-0.39, 0.29) is 32.7 Å². The Morgan fingerprint density at radius 1 is 1.06 bits per heavy atom. The maximum Gasteiger partial charge on any atom is 0.337 e. The lowest BCUT2D eigenvalue weighted by Crippen LogP contribution is -2.14. The summed E-state index contributed by atoms with van der Waals surface area (Å²) in [4.78, 5) is 24.1. The van der Waals surface area contributed by atoms with Crippen LogP contribution in [0.25, 0.3) is 0 Å². The third-order valence-electron chi connectivity index (χ3n) is 3.90. The van der Waals surface area contributed by atoms with Gasteiger partial charge in [-0.25, -0.2) is 4.79 Å². The van der Waals surface area contributed by atoms with Gasteiger partial charge in [-0.05, 0) is 36.4 Å². The van der Waals surface area contributed by atoms with Crippen molar-refractivity contribution < 1.29 is 27.5 Å². The number of methoxy groups -OCH3 is 2. The molecule has 168 valence electrons. The van der Waals surface area contributed by atoms with Crippen LogP contribution < -0.4 is 14.8 Å². The summed E-state index contributed by atoms with van der Waals surface area (Å²) in [6.07, 6.45) is 0. The average Bonchev–Trinajstić information content (AvgIpc) is 3.22. The predicted molar refractivity (Wildman–Crippen MR) is 119 cm³/mol. The summed E-state index contributed by atoms with van der Waals surface area (Å²) in [5.41, 5.74) is 0.221. The molecule has 0 aliphatic heterocycles. The zero-order valence-corrected chi connectivity index (χ0v) is 19.5. The standard InChI is InChI=1S/C18H14Cl2N4O6S2/c1-29-14-6-3-9(16(26)30-2)7-13(14)24-32(27,28)18-23-22-17(31-18)21-15(25)11-5-4-10(19)8-12(11)20/h3-8,24H,1-2H3,(H,21,22,25). The Hall–Kier alpha value is -2.93. The first kappa shape index (κ1) is 23.7. The molecule has 3 rings (SSSR count). The van der Waals surface area contributed by atoms with Crippen LogP contribution in [-0.2, 0) is 14.8 Å². The molecule has 0 fully saturated rings. The van der Waals surface area contributed by atoms with Gasteiger partial charge in [-0.15, -0.1) is 10.2 Å². The minimum Gasteiger partial charge on any atom is -0.495 e. The summed E-state index contributed by atoms with van der Waals surface area (Å²) in [7, 11) is -1.68. The molecule has 1 heterocycles. The number of rotatable bonds is 7. The van der Waals surface area contributed by atoms with Crippen molar-refractivity contribution >= 4 is 67.3 Å². The van der Waals surface area contributed by atoms with E-state index in [0.29, 0.717) is 16.4 Å². The number of aromatic nitrogens is 2.